The summed E-state index contributed by atoms with van der Waals surface area (Å²) in [7, 11) is 0. The maximum atomic E-state index is 11.1. The van der Waals surface area contributed by atoms with Gasteiger partial charge in [0.1, 0.15) is 6.42 Å². The van der Waals surface area contributed by atoms with Crippen molar-refractivity contribution < 1.29 is 24.6 Å². The topological polar surface area (TPSA) is 117 Å². The summed E-state index contributed by atoms with van der Waals surface area (Å²) in [6.45, 7) is -0.133. The number of thiazole rings is 1. The van der Waals surface area contributed by atoms with Crippen molar-refractivity contribution in [2.45, 2.75) is 12.8 Å². The Morgan fingerprint density at radius 3 is 2.59 bits per heavy atom. The Labute approximate surface area is 100 Å². The van der Waals surface area contributed by atoms with Crippen LogP contribution in [0.5, 0.6) is 0 Å². The van der Waals surface area contributed by atoms with Gasteiger partial charge >= 0.3 is 11.9 Å². The fourth-order valence-electron chi connectivity index (χ4n) is 1.03. The van der Waals surface area contributed by atoms with Crippen molar-refractivity contribution in [3.8, 4) is 0 Å². The van der Waals surface area contributed by atoms with E-state index in [4.69, 9.17) is 10.2 Å². The first-order valence-electron chi connectivity index (χ1n) is 4.61. The molecular formula is C9H10N2O5S. The van der Waals surface area contributed by atoms with Crippen LogP contribution < -0.4 is 5.32 Å². The Morgan fingerprint density at radius 2 is 2.00 bits per heavy atom. The molecule has 0 atom stereocenters. The lowest BCUT2D eigenvalue weighted by molar-refractivity contribution is -0.140. The minimum absolute atomic E-state index is 0.133. The number of carbonyl (C=O) groups is 3. The molecule has 17 heavy (non-hydrogen) atoms. The quantitative estimate of drug-likeness (QED) is 0.599. The van der Waals surface area contributed by atoms with Crippen molar-refractivity contribution in [3.63, 3.8) is 0 Å². The molecule has 0 aliphatic heterocycles. The summed E-state index contributed by atoms with van der Waals surface area (Å²) in [4.78, 5) is 35.6. The standard InChI is InChI=1S/C9H10N2O5S/c12-6(2-8(15)16)3-10-9-11-5(4-17-9)1-7(13)14/h4H,1-3H2,(H,10,11)(H,13,14)(H,15,16). The minimum atomic E-state index is -1.18. The van der Waals surface area contributed by atoms with Crippen LogP contribution in [0.3, 0.4) is 0 Å². The van der Waals surface area contributed by atoms with Gasteiger partial charge in [0.2, 0.25) is 0 Å². The summed E-state index contributed by atoms with van der Waals surface area (Å²) in [6, 6.07) is 0. The van der Waals surface area contributed by atoms with Gasteiger partial charge in [-0.15, -0.1) is 11.3 Å². The van der Waals surface area contributed by atoms with E-state index in [1.54, 1.807) is 5.38 Å². The van der Waals surface area contributed by atoms with E-state index < -0.39 is 24.1 Å². The van der Waals surface area contributed by atoms with E-state index in [1.165, 1.54) is 11.3 Å². The number of nitrogens with zero attached hydrogens (tertiary/aromatic N) is 1. The average molecular weight is 258 g/mol. The molecule has 1 heterocycles. The number of nitrogens with one attached hydrogen (secondary N) is 1. The Hall–Kier alpha value is -1.96. The fourth-order valence-corrected chi connectivity index (χ4v) is 1.74. The highest BCUT2D eigenvalue weighted by Crippen LogP contribution is 2.15. The van der Waals surface area contributed by atoms with Gasteiger partial charge in [-0.25, -0.2) is 4.98 Å². The van der Waals surface area contributed by atoms with E-state index in [0.29, 0.717) is 10.8 Å². The van der Waals surface area contributed by atoms with Crippen LogP contribution in [0.1, 0.15) is 12.1 Å². The zero-order valence-corrected chi connectivity index (χ0v) is 9.49. The van der Waals surface area contributed by atoms with Crippen molar-refractivity contribution in [2.24, 2.45) is 0 Å². The van der Waals surface area contributed by atoms with Gasteiger partial charge in [-0.05, 0) is 0 Å². The molecule has 1 aromatic rings. The summed E-state index contributed by atoms with van der Waals surface area (Å²) in [6.07, 6.45) is -0.721. The van der Waals surface area contributed by atoms with Gasteiger partial charge in [0.05, 0.1) is 18.7 Å². The third-order valence-electron chi connectivity index (χ3n) is 1.67. The highest BCUT2D eigenvalue weighted by Gasteiger charge is 2.09. The molecule has 0 bridgehead atoms. The molecule has 0 saturated carbocycles. The van der Waals surface area contributed by atoms with Crippen LogP contribution in [0.15, 0.2) is 5.38 Å². The van der Waals surface area contributed by atoms with E-state index in [1.807, 2.05) is 0 Å². The molecule has 0 amide bonds. The number of aromatic nitrogens is 1. The van der Waals surface area contributed by atoms with Crippen LogP contribution in [-0.2, 0) is 20.8 Å². The van der Waals surface area contributed by atoms with Gasteiger partial charge < -0.3 is 15.5 Å². The second-order valence-corrected chi connectivity index (χ2v) is 4.04. The fraction of sp³-hybridized carbons (Fsp3) is 0.333. The highest BCUT2D eigenvalue weighted by atomic mass is 32.1. The zero-order chi connectivity index (χ0) is 12.8. The molecule has 0 aromatic carbocycles. The molecule has 0 aliphatic carbocycles. The van der Waals surface area contributed by atoms with Gasteiger partial charge in [0.15, 0.2) is 10.9 Å². The number of anilines is 1. The molecule has 0 saturated heterocycles. The van der Waals surface area contributed by atoms with Crippen molar-refractivity contribution >= 4 is 34.2 Å². The number of hydrogen-bond acceptors (Lipinski definition) is 6. The number of Topliss-reactive ketones (excluding diaryl/α,β-unsaturated/α-hetero) is 1. The van der Waals surface area contributed by atoms with Crippen molar-refractivity contribution in [1.29, 1.82) is 0 Å². The highest BCUT2D eigenvalue weighted by molar-refractivity contribution is 7.13. The Morgan fingerprint density at radius 1 is 1.29 bits per heavy atom. The monoisotopic (exact) mass is 258 g/mol. The summed E-state index contributed by atoms with van der Waals surface area (Å²) in [5, 5.41) is 21.5. The molecule has 0 unspecified atom stereocenters. The van der Waals surface area contributed by atoms with Crippen LogP contribution in [0.4, 0.5) is 5.13 Å². The number of ketones is 1. The van der Waals surface area contributed by atoms with Gasteiger partial charge in [-0.3, -0.25) is 14.4 Å². The number of rotatable bonds is 7. The van der Waals surface area contributed by atoms with E-state index in [-0.39, 0.29) is 13.0 Å². The lowest BCUT2D eigenvalue weighted by Gasteiger charge is -1.99. The third-order valence-corrected chi connectivity index (χ3v) is 2.52. The average Bonchev–Trinajstić information content (AvgIpc) is 2.60. The first kappa shape index (κ1) is 13.1. The molecule has 92 valence electrons. The zero-order valence-electron chi connectivity index (χ0n) is 8.67. The van der Waals surface area contributed by atoms with Gasteiger partial charge in [-0.2, -0.15) is 0 Å². The van der Waals surface area contributed by atoms with Gasteiger partial charge in [-0.1, -0.05) is 0 Å². The summed E-state index contributed by atoms with van der Waals surface area (Å²) in [5.41, 5.74) is 0.399. The summed E-state index contributed by atoms with van der Waals surface area (Å²) in [5.74, 6) is -2.63. The number of carbonyl (C=O) groups excluding carboxylic acids is 1. The first-order valence-corrected chi connectivity index (χ1v) is 5.49. The first-order chi connectivity index (χ1) is 7.97. The lowest BCUT2D eigenvalue weighted by atomic mass is 10.3. The Kier molecular flexibility index (Phi) is 4.58. The largest absolute Gasteiger partial charge is 0.481 e. The van der Waals surface area contributed by atoms with Crippen LogP contribution >= 0.6 is 11.3 Å². The second-order valence-electron chi connectivity index (χ2n) is 3.18. The number of hydrogen-bond donors (Lipinski definition) is 3. The molecular weight excluding hydrogens is 248 g/mol. The molecule has 0 radical (unpaired) electrons. The van der Waals surface area contributed by atoms with Crippen LogP contribution in [0.2, 0.25) is 0 Å². The van der Waals surface area contributed by atoms with Crippen molar-refractivity contribution in [1.82, 2.24) is 4.98 Å². The normalized spacial score (nSPS) is 9.88. The molecule has 3 N–H and O–H groups in total. The molecule has 1 aromatic heterocycles. The van der Waals surface area contributed by atoms with Gasteiger partial charge in [0, 0.05) is 5.38 Å². The molecule has 7 nitrogen and oxygen atoms in total. The van der Waals surface area contributed by atoms with Crippen LogP contribution in [-0.4, -0.2) is 39.5 Å². The van der Waals surface area contributed by atoms with Crippen LogP contribution in [0.25, 0.3) is 0 Å². The maximum absolute atomic E-state index is 11.1. The van der Waals surface area contributed by atoms with E-state index >= 15 is 0 Å². The molecule has 0 spiro atoms. The van der Waals surface area contributed by atoms with Crippen molar-refractivity contribution in [3.05, 3.63) is 11.1 Å². The Balaban J connectivity index is 2.42. The maximum Gasteiger partial charge on any atom is 0.310 e. The predicted molar refractivity (Wildman–Crippen MR) is 59.2 cm³/mol. The van der Waals surface area contributed by atoms with E-state index in [2.05, 4.69) is 10.3 Å². The van der Waals surface area contributed by atoms with E-state index in [0.717, 1.165) is 0 Å². The van der Waals surface area contributed by atoms with Crippen LogP contribution in [0, 0.1) is 0 Å². The predicted octanol–water partition coefficient (Wildman–Crippen LogP) is 0.226. The summed E-state index contributed by atoms with van der Waals surface area (Å²) >= 11 is 1.17. The lowest BCUT2D eigenvalue weighted by Crippen LogP contribution is -2.17. The van der Waals surface area contributed by atoms with Crippen molar-refractivity contribution in [2.75, 3.05) is 11.9 Å². The third kappa shape index (κ3) is 5.07. The molecule has 0 fully saturated rings. The summed E-state index contributed by atoms with van der Waals surface area (Å²) < 4.78 is 0. The molecule has 8 heteroatoms. The SMILES string of the molecule is O=C(O)CC(=O)CNc1nc(CC(=O)O)cs1. The van der Waals surface area contributed by atoms with E-state index in [9.17, 15) is 14.4 Å². The smallest absolute Gasteiger partial charge is 0.310 e. The Bertz CT molecular complexity index is 442. The molecule has 1 rings (SSSR count). The number of carboxylic acids is 2. The second kappa shape index (κ2) is 5.94. The number of carboxylic acid groups (broad SMARTS) is 2. The minimum Gasteiger partial charge on any atom is -0.481 e. The van der Waals surface area contributed by atoms with Gasteiger partial charge in [0.25, 0.3) is 0 Å². The number of aliphatic carboxylic acids is 2. The molecule has 0 aliphatic rings.